The number of rotatable bonds is 3. The second-order valence-electron chi connectivity index (χ2n) is 3.80. The SMILES string of the molecule is Fc1ccc(Cl)c(NCc2c(F)ccc(Br)c2F)c1. The molecule has 0 heterocycles. The summed E-state index contributed by atoms with van der Waals surface area (Å²) in [5.41, 5.74) is 0.134. The van der Waals surface area contributed by atoms with E-state index in [0.29, 0.717) is 0 Å². The van der Waals surface area contributed by atoms with Crippen LogP contribution in [0.1, 0.15) is 5.56 Å². The molecule has 0 aromatic heterocycles. The third-order valence-corrected chi connectivity index (χ3v) is 3.46. The van der Waals surface area contributed by atoms with Crippen molar-refractivity contribution >= 4 is 33.2 Å². The van der Waals surface area contributed by atoms with Crippen molar-refractivity contribution in [1.82, 2.24) is 0 Å². The van der Waals surface area contributed by atoms with Gasteiger partial charge in [-0.25, -0.2) is 13.2 Å². The van der Waals surface area contributed by atoms with Gasteiger partial charge in [0.2, 0.25) is 0 Å². The van der Waals surface area contributed by atoms with Gasteiger partial charge < -0.3 is 5.32 Å². The van der Waals surface area contributed by atoms with Gasteiger partial charge in [0.15, 0.2) is 0 Å². The smallest absolute Gasteiger partial charge is 0.145 e. The summed E-state index contributed by atoms with van der Waals surface area (Å²) in [6.45, 7) is -0.139. The summed E-state index contributed by atoms with van der Waals surface area (Å²) in [4.78, 5) is 0. The quantitative estimate of drug-likeness (QED) is 0.757. The molecule has 0 atom stereocenters. The second-order valence-corrected chi connectivity index (χ2v) is 5.06. The first kappa shape index (κ1) is 14.2. The lowest BCUT2D eigenvalue weighted by atomic mass is 10.2. The molecule has 1 N–H and O–H groups in total. The fourth-order valence-corrected chi connectivity index (χ4v) is 2.10. The zero-order valence-corrected chi connectivity index (χ0v) is 11.8. The fraction of sp³-hybridized carbons (Fsp3) is 0.0769. The van der Waals surface area contributed by atoms with Crippen LogP contribution in [0.3, 0.4) is 0 Å². The summed E-state index contributed by atoms with van der Waals surface area (Å²) in [6, 6.07) is 6.16. The van der Waals surface area contributed by atoms with Gasteiger partial charge in [-0.2, -0.15) is 0 Å². The Hall–Kier alpha value is -1.20. The van der Waals surface area contributed by atoms with Crippen LogP contribution in [-0.4, -0.2) is 0 Å². The Morgan fingerprint density at radius 2 is 1.84 bits per heavy atom. The minimum absolute atomic E-state index is 0.139. The molecule has 0 radical (unpaired) electrons. The third kappa shape index (κ3) is 3.22. The Labute approximate surface area is 121 Å². The highest BCUT2D eigenvalue weighted by Crippen LogP contribution is 2.26. The molecule has 0 aliphatic carbocycles. The predicted molar refractivity (Wildman–Crippen MR) is 72.8 cm³/mol. The van der Waals surface area contributed by atoms with E-state index in [2.05, 4.69) is 21.2 Å². The molecule has 0 aliphatic heterocycles. The van der Waals surface area contributed by atoms with Crippen LogP contribution >= 0.6 is 27.5 Å². The van der Waals surface area contributed by atoms with E-state index in [1.807, 2.05) is 0 Å². The highest BCUT2D eigenvalue weighted by atomic mass is 79.9. The number of hydrogen-bond acceptors (Lipinski definition) is 1. The van der Waals surface area contributed by atoms with E-state index >= 15 is 0 Å². The first-order valence-electron chi connectivity index (χ1n) is 5.30. The van der Waals surface area contributed by atoms with Crippen LogP contribution in [0, 0.1) is 17.5 Å². The third-order valence-electron chi connectivity index (χ3n) is 2.52. The summed E-state index contributed by atoms with van der Waals surface area (Å²) in [5, 5.41) is 2.98. The van der Waals surface area contributed by atoms with Crippen LogP contribution < -0.4 is 5.32 Å². The Balaban J connectivity index is 2.24. The standard InChI is InChI=1S/C13H8BrClF3N/c14-9-2-4-11(17)8(13(9)18)6-19-12-5-7(16)1-3-10(12)15/h1-5,19H,6H2. The summed E-state index contributed by atoms with van der Waals surface area (Å²) >= 11 is 8.82. The summed E-state index contributed by atoms with van der Waals surface area (Å²) < 4.78 is 40.4. The van der Waals surface area contributed by atoms with E-state index in [0.717, 1.165) is 12.1 Å². The summed E-state index contributed by atoms with van der Waals surface area (Å²) in [5.74, 6) is -1.86. The minimum atomic E-state index is -0.694. The van der Waals surface area contributed by atoms with E-state index in [1.165, 1.54) is 18.2 Å². The molecule has 6 heteroatoms. The zero-order valence-electron chi connectivity index (χ0n) is 9.48. The number of halogens is 5. The number of benzene rings is 2. The van der Waals surface area contributed by atoms with E-state index < -0.39 is 17.5 Å². The molecule has 0 amide bonds. The van der Waals surface area contributed by atoms with E-state index in [4.69, 9.17) is 11.6 Å². The highest BCUT2D eigenvalue weighted by molar-refractivity contribution is 9.10. The van der Waals surface area contributed by atoms with Crippen molar-refractivity contribution in [3.05, 3.63) is 62.8 Å². The van der Waals surface area contributed by atoms with Crippen molar-refractivity contribution in [2.24, 2.45) is 0 Å². The molecule has 0 fully saturated rings. The molecule has 2 aromatic rings. The minimum Gasteiger partial charge on any atom is -0.379 e. The van der Waals surface area contributed by atoms with Gasteiger partial charge in [-0.1, -0.05) is 11.6 Å². The first-order chi connectivity index (χ1) is 8.99. The van der Waals surface area contributed by atoms with Gasteiger partial charge in [-0.05, 0) is 46.3 Å². The normalized spacial score (nSPS) is 10.6. The molecule has 2 aromatic carbocycles. The van der Waals surface area contributed by atoms with E-state index in [-0.39, 0.29) is 27.3 Å². The molecule has 0 saturated carbocycles. The van der Waals surface area contributed by atoms with Crippen LogP contribution in [-0.2, 0) is 6.54 Å². The molecule has 0 unspecified atom stereocenters. The Bertz CT molecular complexity index is 619. The largest absolute Gasteiger partial charge is 0.379 e. The second kappa shape index (κ2) is 5.84. The van der Waals surface area contributed by atoms with Crippen molar-refractivity contribution in [3.63, 3.8) is 0 Å². The lowest BCUT2D eigenvalue weighted by Gasteiger charge is -2.10. The van der Waals surface area contributed by atoms with Gasteiger partial charge in [0.1, 0.15) is 17.5 Å². The number of hydrogen-bond donors (Lipinski definition) is 1. The summed E-state index contributed by atoms with van der Waals surface area (Å²) in [6.07, 6.45) is 0. The average molecular weight is 351 g/mol. The van der Waals surface area contributed by atoms with E-state index in [1.54, 1.807) is 0 Å². The molecule has 100 valence electrons. The van der Waals surface area contributed by atoms with Crippen LogP contribution in [0.5, 0.6) is 0 Å². The molecule has 1 nitrogen and oxygen atoms in total. The predicted octanol–water partition coefficient (Wildman–Crippen LogP) is 5.13. The maximum Gasteiger partial charge on any atom is 0.145 e. The maximum atomic E-state index is 13.7. The molecule has 0 spiro atoms. The van der Waals surface area contributed by atoms with Crippen LogP contribution in [0.2, 0.25) is 5.02 Å². The molecule has 2 rings (SSSR count). The molecule has 0 bridgehead atoms. The van der Waals surface area contributed by atoms with E-state index in [9.17, 15) is 13.2 Å². The van der Waals surface area contributed by atoms with Gasteiger partial charge in [0, 0.05) is 12.1 Å². The number of anilines is 1. The van der Waals surface area contributed by atoms with Crippen molar-refractivity contribution in [2.75, 3.05) is 5.32 Å². The number of nitrogens with one attached hydrogen (secondary N) is 1. The topological polar surface area (TPSA) is 12.0 Å². The Morgan fingerprint density at radius 1 is 1.11 bits per heavy atom. The highest BCUT2D eigenvalue weighted by Gasteiger charge is 2.12. The van der Waals surface area contributed by atoms with Crippen molar-refractivity contribution in [1.29, 1.82) is 0 Å². The molecule has 19 heavy (non-hydrogen) atoms. The summed E-state index contributed by atoms with van der Waals surface area (Å²) in [7, 11) is 0. The monoisotopic (exact) mass is 349 g/mol. The van der Waals surface area contributed by atoms with Crippen molar-refractivity contribution < 1.29 is 13.2 Å². The molecular formula is C13H8BrClF3N. The van der Waals surface area contributed by atoms with Gasteiger partial charge in [0.05, 0.1) is 15.2 Å². The fourth-order valence-electron chi connectivity index (χ4n) is 1.55. The molecule has 0 saturated heterocycles. The average Bonchev–Trinajstić information content (AvgIpc) is 2.38. The lowest BCUT2D eigenvalue weighted by molar-refractivity contribution is 0.555. The Morgan fingerprint density at radius 3 is 2.58 bits per heavy atom. The first-order valence-corrected chi connectivity index (χ1v) is 6.47. The van der Waals surface area contributed by atoms with Crippen LogP contribution in [0.4, 0.5) is 18.9 Å². The van der Waals surface area contributed by atoms with Crippen molar-refractivity contribution in [2.45, 2.75) is 6.54 Å². The molecular weight excluding hydrogens is 343 g/mol. The maximum absolute atomic E-state index is 13.7. The van der Waals surface area contributed by atoms with Gasteiger partial charge >= 0.3 is 0 Å². The van der Waals surface area contributed by atoms with Crippen LogP contribution in [0.25, 0.3) is 0 Å². The van der Waals surface area contributed by atoms with Gasteiger partial charge in [-0.15, -0.1) is 0 Å². The van der Waals surface area contributed by atoms with Crippen molar-refractivity contribution in [3.8, 4) is 0 Å². The lowest BCUT2D eigenvalue weighted by Crippen LogP contribution is -2.05. The van der Waals surface area contributed by atoms with Gasteiger partial charge in [-0.3, -0.25) is 0 Å². The molecule has 0 aliphatic rings. The zero-order chi connectivity index (χ0) is 14.0. The van der Waals surface area contributed by atoms with Gasteiger partial charge in [0.25, 0.3) is 0 Å². The van der Waals surface area contributed by atoms with Crippen LogP contribution in [0.15, 0.2) is 34.8 Å². The Kier molecular flexibility index (Phi) is 4.37.